The molecule has 0 radical (unpaired) electrons. The molecule has 1 atom stereocenters. The van der Waals surface area contributed by atoms with Crippen LogP contribution in [0, 0.1) is 5.82 Å². The van der Waals surface area contributed by atoms with Gasteiger partial charge in [-0.3, -0.25) is 9.59 Å². The lowest BCUT2D eigenvalue weighted by molar-refractivity contribution is -0.116. The first-order valence-corrected chi connectivity index (χ1v) is 12.1. The Bertz CT molecular complexity index is 1100. The fourth-order valence-electron chi connectivity index (χ4n) is 3.99. The van der Waals surface area contributed by atoms with Crippen LogP contribution in [0.4, 0.5) is 15.8 Å². The van der Waals surface area contributed by atoms with Crippen molar-refractivity contribution in [3.63, 3.8) is 0 Å². The minimum atomic E-state index is -3.63. The van der Waals surface area contributed by atoms with Crippen LogP contribution in [0.15, 0.2) is 42.5 Å². The smallest absolute Gasteiger partial charge is 0.251 e. The van der Waals surface area contributed by atoms with Crippen LogP contribution in [0.3, 0.4) is 0 Å². The van der Waals surface area contributed by atoms with Crippen molar-refractivity contribution >= 4 is 33.0 Å². The number of hydrogen-bond acceptors (Lipinski definition) is 5. The number of rotatable bonds is 6. The summed E-state index contributed by atoms with van der Waals surface area (Å²) in [7, 11) is -3.63. The highest BCUT2D eigenvalue weighted by Gasteiger charge is 2.31. The number of sulfone groups is 1. The molecule has 1 fully saturated rings. The first-order chi connectivity index (χ1) is 14.8. The molecule has 4 rings (SSSR count). The van der Waals surface area contributed by atoms with Crippen molar-refractivity contribution in [1.29, 1.82) is 0 Å². The number of anilines is 2. The third-order valence-electron chi connectivity index (χ3n) is 5.60. The van der Waals surface area contributed by atoms with Gasteiger partial charge in [-0.05, 0) is 48.7 Å². The highest BCUT2D eigenvalue weighted by molar-refractivity contribution is 7.90. The zero-order valence-electron chi connectivity index (χ0n) is 16.9. The van der Waals surface area contributed by atoms with Gasteiger partial charge in [0, 0.05) is 11.6 Å². The second kappa shape index (κ2) is 8.66. The molecule has 2 aliphatic rings. The lowest BCUT2D eigenvalue weighted by Crippen LogP contribution is -2.43. The van der Waals surface area contributed by atoms with Gasteiger partial charge in [0.2, 0.25) is 5.91 Å². The van der Waals surface area contributed by atoms with Crippen molar-refractivity contribution in [1.82, 2.24) is 5.32 Å². The van der Waals surface area contributed by atoms with Crippen LogP contribution in [0.5, 0.6) is 0 Å². The normalized spacial score (nSPS) is 18.7. The topological polar surface area (TPSA) is 104 Å². The average Bonchev–Trinajstić information content (AvgIpc) is 3.22. The summed E-state index contributed by atoms with van der Waals surface area (Å²) in [6.45, 7) is 0. The van der Waals surface area contributed by atoms with Crippen LogP contribution < -0.4 is 16.0 Å². The van der Waals surface area contributed by atoms with E-state index in [1.807, 2.05) is 0 Å². The average molecular weight is 446 g/mol. The number of carbonyl (C=O) groups is 2. The Hall–Kier alpha value is -2.94. The fraction of sp³-hybridized carbons (Fsp3) is 0.364. The van der Waals surface area contributed by atoms with Gasteiger partial charge in [0.15, 0.2) is 9.84 Å². The third kappa shape index (κ3) is 5.22. The van der Waals surface area contributed by atoms with Crippen LogP contribution in [-0.4, -0.2) is 38.1 Å². The Morgan fingerprint density at radius 2 is 1.77 bits per heavy atom. The Morgan fingerprint density at radius 1 is 1.06 bits per heavy atom. The molecule has 9 heteroatoms. The Labute approximate surface area is 180 Å². The second-order valence-electron chi connectivity index (χ2n) is 8.08. The predicted octanol–water partition coefficient (Wildman–Crippen LogP) is 2.85. The minimum absolute atomic E-state index is 0.187. The maximum Gasteiger partial charge on any atom is 0.251 e. The SMILES string of the molecule is O=C(NC1CCCC1)c1ccc2c(c1)NC(=O)C(CS(=O)(=O)Cc1ccc(F)cc1)N2. The summed E-state index contributed by atoms with van der Waals surface area (Å²) in [6, 6.07) is 9.36. The van der Waals surface area contributed by atoms with Gasteiger partial charge in [0.05, 0.1) is 22.9 Å². The predicted molar refractivity (Wildman–Crippen MR) is 116 cm³/mol. The molecule has 31 heavy (non-hydrogen) atoms. The molecule has 3 N–H and O–H groups in total. The number of nitrogens with one attached hydrogen (secondary N) is 3. The number of hydrogen-bond donors (Lipinski definition) is 3. The first-order valence-electron chi connectivity index (χ1n) is 10.3. The van der Waals surface area contributed by atoms with Crippen LogP contribution >= 0.6 is 0 Å². The maximum atomic E-state index is 13.0. The van der Waals surface area contributed by atoms with Crippen molar-refractivity contribution in [2.75, 3.05) is 16.4 Å². The molecule has 2 aromatic rings. The number of halogens is 1. The van der Waals surface area contributed by atoms with Gasteiger partial charge in [-0.1, -0.05) is 25.0 Å². The van der Waals surface area contributed by atoms with E-state index in [1.165, 1.54) is 24.3 Å². The van der Waals surface area contributed by atoms with Crippen molar-refractivity contribution in [2.45, 2.75) is 43.5 Å². The van der Waals surface area contributed by atoms with Gasteiger partial charge in [0.25, 0.3) is 5.91 Å². The van der Waals surface area contributed by atoms with Crippen molar-refractivity contribution in [3.05, 3.63) is 59.4 Å². The molecular weight excluding hydrogens is 421 g/mol. The van der Waals surface area contributed by atoms with Gasteiger partial charge in [-0.25, -0.2) is 12.8 Å². The van der Waals surface area contributed by atoms with E-state index in [4.69, 9.17) is 0 Å². The second-order valence-corrected chi connectivity index (χ2v) is 10.2. The number of fused-ring (bicyclic) bond motifs is 1. The molecular formula is C22H24FN3O4S. The van der Waals surface area contributed by atoms with Gasteiger partial charge in [0.1, 0.15) is 11.9 Å². The lowest BCUT2D eigenvalue weighted by Gasteiger charge is -2.27. The zero-order chi connectivity index (χ0) is 22.0. The summed E-state index contributed by atoms with van der Waals surface area (Å²) in [5.41, 5.74) is 1.89. The Kier molecular flexibility index (Phi) is 5.95. The molecule has 1 aliphatic heterocycles. The summed E-state index contributed by atoms with van der Waals surface area (Å²) in [6.07, 6.45) is 4.17. The zero-order valence-corrected chi connectivity index (χ0v) is 17.7. The highest BCUT2D eigenvalue weighted by atomic mass is 32.2. The number of benzene rings is 2. The van der Waals surface area contributed by atoms with E-state index in [9.17, 15) is 22.4 Å². The van der Waals surface area contributed by atoms with Gasteiger partial charge in [-0.2, -0.15) is 0 Å². The van der Waals surface area contributed by atoms with Crippen LogP contribution in [0.1, 0.15) is 41.6 Å². The quantitative estimate of drug-likeness (QED) is 0.634. The summed E-state index contributed by atoms with van der Waals surface area (Å²) in [5, 5.41) is 8.66. The minimum Gasteiger partial charge on any atom is -0.371 e. The largest absolute Gasteiger partial charge is 0.371 e. The molecule has 1 heterocycles. The van der Waals surface area contributed by atoms with Crippen molar-refractivity contribution < 1.29 is 22.4 Å². The third-order valence-corrected chi connectivity index (χ3v) is 7.21. The summed E-state index contributed by atoms with van der Waals surface area (Å²) in [4.78, 5) is 25.0. The molecule has 2 amide bonds. The standard InChI is InChI=1S/C22H24FN3O4S/c23-16-8-5-14(6-9-16)12-31(29,30)13-20-22(28)26-19-11-15(7-10-18(19)25-20)21(27)24-17-3-1-2-4-17/h5-11,17,20,25H,1-4,12-13H2,(H,24,27)(H,26,28). The van der Waals surface area contributed by atoms with E-state index in [1.54, 1.807) is 18.2 Å². The Morgan fingerprint density at radius 3 is 2.48 bits per heavy atom. The number of carbonyl (C=O) groups excluding carboxylic acids is 2. The lowest BCUT2D eigenvalue weighted by atomic mass is 10.1. The molecule has 7 nitrogen and oxygen atoms in total. The molecule has 1 aliphatic carbocycles. The van der Waals surface area contributed by atoms with E-state index in [-0.39, 0.29) is 17.7 Å². The first kappa shape index (κ1) is 21.3. The fourth-order valence-corrected chi connectivity index (χ4v) is 5.55. The van der Waals surface area contributed by atoms with Crippen molar-refractivity contribution in [2.24, 2.45) is 0 Å². The molecule has 2 aromatic carbocycles. The highest BCUT2D eigenvalue weighted by Crippen LogP contribution is 2.29. The van der Waals surface area contributed by atoms with Crippen LogP contribution in [-0.2, 0) is 20.4 Å². The van der Waals surface area contributed by atoms with E-state index in [2.05, 4.69) is 16.0 Å². The van der Waals surface area contributed by atoms with Crippen LogP contribution in [0.25, 0.3) is 0 Å². The Balaban J connectivity index is 1.42. The van der Waals surface area contributed by atoms with E-state index in [0.717, 1.165) is 25.7 Å². The van der Waals surface area contributed by atoms with E-state index < -0.39 is 33.4 Å². The molecule has 1 saturated carbocycles. The molecule has 1 unspecified atom stereocenters. The van der Waals surface area contributed by atoms with Gasteiger partial charge in [-0.15, -0.1) is 0 Å². The van der Waals surface area contributed by atoms with E-state index in [0.29, 0.717) is 22.5 Å². The summed E-state index contributed by atoms with van der Waals surface area (Å²) >= 11 is 0. The number of amides is 2. The molecule has 0 bridgehead atoms. The monoisotopic (exact) mass is 445 g/mol. The van der Waals surface area contributed by atoms with E-state index >= 15 is 0 Å². The summed E-state index contributed by atoms with van der Waals surface area (Å²) in [5.74, 6) is -1.80. The molecule has 164 valence electrons. The maximum absolute atomic E-state index is 13.0. The van der Waals surface area contributed by atoms with Crippen LogP contribution in [0.2, 0.25) is 0 Å². The van der Waals surface area contributed by atoms with Gasteiger partial charge < -0.3 is 16.0 Å². The van der Waals surface area contributed by atoms with Crippen molar-refractivity contribution in [3.8, 4) is 0 Å². The summed E-state index contributed by atoms with van der Waals surface area (Å²) < 4.78 is 38.1. The molecule has 0 aromatic heterocycles. The molecule has 0 spiro atoms. The van der Waals surface area contributed by atoms with Gasteiger partial charge >= 0.3 is 0 Å². The molecule has 0 saturated heterocycles.